The van der Waals surface area contributed by atoms with Gasteiger partial charge in [-0.15, -0.1) is 0 Å². The number of nitrogens with one attached hydrogen (secondary N) is 1. The molecule has 0 atom stereocenters. The lowest BCUT2D eigenvalue weighted by atomic mass is 9.47. The van der Waals surface area contributed by atoms with E-state index in [-0.39, 0.29) is 21.9 Å². The normalized spacial score (nSPS) is 19.7. The molecule has 1 aliphatic carbocycles. The second kappa shape index (κ2) is 9.61. The molecule has 2 spiro atoms. The van der Waals surface area contributed by atoms with Gasteiger partial charge >= 0.3 is 0 Å². The molecule has 4 aromatic heterocycles. The van der Waals surface area contributed by atoms with E-state index in [1.54, 1.807) is 84.7 Å². The first-order chi connectivity index (χ1) is 23.8. The third-order valence-electron chi connectivity index (χ3n) is 10.6. The summed E-state index contributed by atoms with van der Waals surface area (Å²) < 4.78 is 57.6. The number of aryl methyl sites for hydroxylation is 2. The largest absolute Gasteiger partial charge is 0.317 e. The van der Waals surface area contributed by atoms with E-state index in [2.05, 4.69) is 15.5 Å². The molecule has 1 amide bonds. The first-order valence-corrected chi connectivity index (χ1v) is 17.1. The van der Waals surface area contributed by atoms with Crippen molar-refractivity contribution in [3.63, 3.8) is 0 Å². The van der Waals surface area contributed by atoms with Gasteiger partial charge in [-0.1, -0.05) is 24.3 Å². The third kappa shape index (κ3) is 3.79. The Labute approximate surface area is 276 Å². The molecule has 2 fully saturated rings. The highest BCUT2D eigenvalue weighted by Gasteiger charge is 2.64. The lowest BCUT2D eigenvalue weighted by molar-refractivity contribution is -0.133. The second-order valence-electron chi connectivity index (χ2n) is 13.3. The van der Waals surface area contributed by atoms with E-state index >= 15 is 0 Å². The Morgan fingerprint density at radius 1 is 0.957 bits per heavy atom. The number of rotatable bonds is 4. The predicted octanol–water partition coefficient (Wildman–Crippen LogP) is 4.61. The lowest BCUT2D eigenvalue weighted by Crippen LogP contribution is -2.57. The van der Waals surface area contributed by atoms with Gasteiger partial charge in [-0.3, -0.25) is 14.2 Å². The van der Waals surface area contributed by atoms with E-state index in [1.807, 2.05) is 6.07 Å². The average Bonchev–Trinajstić information content (AvgIpc) is 3.84. The molecule has 9 rings (SSSR count). The summed E-state index contributed by atoms with van der Waals surface area (Å²) in [6.45, 7) is -0.698. The van der Waals surface area contributed by atoms with Gasteiger partial charge in [-0.2, -0.15) is 10.2 Å². The molecule has 11 nitrogen and oxygen atoms in total. The van der Waals surface area contributed by atoms with Crippen LogP contribution in [0.5, 0.6) is 0 Å². The fourth-order valence-corrected chi connectivity index (χ4v) is 10.1. The van der Waals surface area contributed by atoms with E-state index in [0.29, 0.717) is 57.2 Å². The zero-order valence-corrected chi connectivity index (χ0v) is 26.8. The van der Waals surface area contributed by atoms with Gasteiger partial charge in [-0.05, 0) is 74.0 Å². The number of carbonyl (C=O) groups is 1. The van der Waals surface area contributed by atoms with E-state index in [1.165, 1.54) is 10.2 Å². The van der Waals surface area contributed by atoms with Crippen molar-refractivity contribution in [1.82, 2.24) is 33.8 Å². The zero-order chi connectivity index (χ0) is 34.8. The van der Waals surface area contributed by atoms with E-state index in [9.17, 15) is 13.2 Å². The van der Waals surface area contributed by atoms with Crippen LogP contribution in [0.2, 0.25) is 0 Å². The van der Waals surface area contributed by atoms with Crippen LogP contribution >= 0.6 is 0 Å². The Hall–Kier alpha value is -4.81. The van der Waals surface area contributed by atoms with Gasteiger partial charge in [-0.25, -0.2) is 17.4 Å². The highest BCUT2D eigenvalue weighted by Crippen LogP contribution is 2.66. The Morgan fingerprint density at radius 2 is 1.74 bits per heavy atom. The molecule has 0 radical (unpaired) electrons. The highest BCUT2D eigenvalue weighted by atomic mass is 32.2. The van der Waals surface area contributed by atoms with Crippen molar-refractivity contribution in [3.05, 3.63) is 78.9 Å². The van der Waals surface area contributed by atoms with Crippen LogP contribution in [-0.2, 0) is 34.3 Å². The van der Waals surface area contributed by atoms with Crippen LogP contribution in [0.25, 0.3) is 44.3 Å². The molecule has 0 bridgehead atoms. The van der Waals surface area contributed by atoms with E-state index < -0.39 is 22.4 Å². The van der Waals surface area contributed by atoms with Crippen molar-refractivity contribution in [3.8, 4) is 22.4 Å². The molecule has 2 aliphatic heterocycles. The van der Waals surface area contributed by atoms with E-state index in [4.69, 9.17) is 9.10 Å². The third-order valence-corrected chi connectivity index (χ3v) is 12.3. The number of benzene rings is 2. The minimum atomic E-state index is -4.26. The highest BCUT2D eigenvalue weighted by molar-refractivity contribution is 7.90. The molecule has 1 N–H and O–H groups in total. The van der Waals surface area contributed by atoms with Crippen molar-refractivity contribution >= 4 is 43.6 Å². The van der Waals surface area contributed by atoms with Crippen molar-refractivity contribution in [2.24, 2.45) is 19.4 Å². The molecule has 1 saturated heterocycles. The smallest absolute Gasteiger partial charge is 0.269 e. The number of aromatic nitrogens is 6. The van der Waals surface area contributed by atoms with Gasteiger partial charge < -0.3 is 10.2 Å². The van der Waals surface area contributed by atoms with Crippen LogP contribution in [0.4, 0.5) is 5.69 Å². The van der Waals surface area contributed by atoms with Crippen LogP contribution in [-0.4, -0.2) is 63.0 Å². The summed E-state index contributed by atoms with van der Waals surface area (Å²) in [4.78, 5) is 21.0. The van der Waals surface area contributed by atoms with Crippen LogP contribution in [0.3, 0.4) is 0 Å². The van der Waals surface area contributed by atoms with Crippen molar-refractivity contribution in [2.45, 2.75) is 36.0 Å². The maximum Gasteiger partial charge on any atom is 0.269 e. The minimum Gasteiger partial charge on any atom is -0.317 e. The fraction of sp³-hybridized carbons (Fsp3) is 0.314. The molecule has 12 heteroatoms. The quantitative estimate of drug-likeness (QED) is 0.296. The number of piperidine rings is 1. The van der Waals surface area contributed by atoms with Gasteiger partial charge in [0.1, 0.15) is 0 Å². The van der Waals surface area contributed by atoms with Gasteiger partial charge in [0, 0.05) is 58.8 Å². The summed E-state index contributed by atoms with van der Waals surface area (Å²) in [6.07, 6.45) is 9.80. The Kier molecular flexibility index (Phi) is 5.18. The summed E-state index contributed by atoms with van der Waals surface area (Å²) in [5.74, 6) is -0.00657. The van der Waals surface area contributed by atoms with Crippen molar-refractivity contribution in [2.75, 3.05) is 25.0 Å². The maximum absolute atomic E-state index is 14.9. The SMILES string of the molecule is [2H]C([2H])([2H])n1ncc2cc(-c3c(-c4cnn(C)c4)n(S(=O)(=O)c4ccccc4)c4ncc5c(c34)C3(CC4(CCNCC4)C3)C(=O)N5C)ccc21. The molecular weight excluding hydrogens is 613 g/mol. The topological polar surface area (TPSA) is 120 Å². The lowest BCUT2D eigenvalue weighted by Gasteiger charge is -2.56. The maximum atomic E-state index is 14.9. The second-order valence-corrected chi connectivity index (χ2v) is 15.1. The molecular formula is C35H34N8O3S. The van der Waals surface area contributed by atoms with Crippen molar-refractivity contribution < 1.29 is 17.3 Å². The number of amides is 1. The number of hydrogen-bond acceptors (Lipinski definition) is 7. The zero-order valence-electron chi connectivity index (χ0n) is 28.9. The Balaban J connectivity index is 1.42. The standard InChI is InChI=1S/C35H34N8O3S/c1-40-19-24(17-38-40)31-28(22-9-10-26-23(15-22)16-39-42(26)3)29-30-27(18-37-32(29)43(31)47(45,46)25-7-5-4-6-8-25)41(2)33(44)35(30)20-34(21-35)11-13-36-14-12-34/h4-10,15-19,36H,11-14,20-21H2,1-3H3/i3D3. The molecule has 238 valence electrons. The van der Waals surface area contributed by atoms with Crippen molar-refractivity contribution in [1.29, 1.82) is 0 Å². The van der Waals surface area contributed by atoms with Gasteiger partial charge in [0.2, 0.25) is 5.91 Å². The molecule has 2 aromatic carbocycles. The van der Waals surface area contributed by atoms with Gasteiger partial charge in [0.05, 0.1) is 45.8 Å². The molecule has 47 heavy (non-hydrogen) atoms. The van der Waals surface area contributed by atoms with Crippen LogP contribution in [0.15, 0.2) is 78.2 Å². The number of carbonyl (C=O) groups excluding carboxylic acids is 1. The molecule has 0 unspecified atom stereocenters. The fourth-order valence-electron chi connectivity index (χ4n) is 8.56. The summed E-state index contributed by atoms with van der Waals surface area (Å²) in [5.41, 5.74) is 3.37. The Bertz CT molecular complexity index is 2490. The van der Waals surface area contributed by atoms with Crippen LogP contribution in [0, 0.1) is 5.41 Å². The summed E-state index contributed by atoms with van der Waals surface area (Å²) >= 11 is 0. The molecule has 3 aliphatic rings. The first kappa shape index (κ1) is 25.3. The molecule has 6 aromatic rings. The summed E-state index contributed by atoms with van der Waals surface area (Å²) in [5, 5.41) is 13.2. The first-order valence-electron chi connectivity index (χ1n) is 17.2. The number of nitrogens with zero attached hydrogens (tertiary/aromatic N) is 7. The number of pyridine rings is 1. The number of likely N-dealkylation sites (N-methyl/N-ethyl adjacent to an activating group) is 1. The number of fused-ring (bicyclic) bond motifs is 5. The monoisotopic (exact) mass is 649 g/mol. The van der Waals surface area contributed by atoms with Gasteiger partial charge in [0.25, 0.3) is 10.0 Å². The summed E-state index contributed by atoms with van der Waals surface area (Å²) in [6, 6.07) is 13.6. The molecule has 1 saturated carbocycles. The minimum absolute atomic E-state index is 0.00657. The van der Waals surface area contributed by atoms with Crippen LogP contribution < -0.4 is 10.2 Å². The van der Waals surface area contributed by atoms with E-state index in [0.717, 1.165) is 36.2 Å². The Morgan fingerprint density at radius 3 is 2.47 bits per heavy atom. The molecule has 6 heterocycles. The predicted molar refractivity (Wildman–Crippen MR) is 180 cm³/mol. The summed E-state index contributed by atoms with van der Waals surface area (Å²) in [7, 11) is -0.722. The average molecular weight is 650 g/mol. The number of anilines is 1. The number of hydrogen-bond donors (Lipinski definition) is 1. The van der Waals surface area contributed by atoms with Gasteiger partial charge in [0.15, 0.2) is 5.65 Å². The van der Waals surface area contributed by atoms with Crippen LogP contribution in [0.1, 0.15) is 35.4 Å².